The first-order valence-electron chi connectivity index (χ1n) is 6.34. The van der Waals surface area contributed by atoms with Crippen LogP contribution in [0.5, 0.6) is 0 Å². The maximum atomic E-state index is 5.69. The van der Waals surface area contributed by atoms with E-state index in [4.69, 9.17) is 18.0 Å². The van der Waals surface area contributed by atoms with E-state index >= 15 is 0 Å². The fourth-order valence-electron chi connectivity index (χ4n) is 2.40. The van der Waals surface area contributed by atoms with Crippen molar-refractivity contribution >= 4 is 22.9 Å². The highest BCUT2D eigenvalue weighted by molar-refractivity contribution is 7.80. The molecule has 3 nitrogen and oxygen atoms in total. The Hall–Kier alpha value is -1.13. The topological polar surface area (TPSA) is 32.5 Å². The molecule has 0 spiro atoms. The summed E-state index contributed by atoms with van der Waals surface area (Å²) in [5, 5.41) is 0. The number of nitrogens with zero attached hydrogens (tertiary/aromatic N) is 2. The highest BCUT2D eigenvalue weighted by Gasteiger charge is 2.21. The van der Waals surface area contributed by atoms with Crippen LogP contribution in [0.1, 0.15) is 18.1 Å². The van der Waals surface area contributed by atoms with E-state index in [0.29, 0.717) is 11.0 Å². The van der Waals surface area contributed by atoms with Crippen LogP contribution in [0.15, 0.2) is 18.2 Å². The molecule has 1 unspecified atom stereocenters. The minimum Gasteiger partial charge on any atom is -0.389 e. The molecule has 18 heavy (non-hydrogen) atoms. The van der Waals surface area contributed by atoms with Crippen LogP contribution in [0.4, 0.5) is 5.69 Å². The summed E-state index contributed by atoms with van der Waals surface area (Å²) in [6, 6.07) is 6.94. The summed E-state index contributed by atoms with van der Waals surface area (Å²) in [7, 11) is 2.18. The Balaban J connectivity index is 2.19. The molecule has 1 aliphatic heterocycles. The van der Waals surface area contributed by atoms with Crippen LogP contribution in [0.2, 0.25) is 0 Å². The molecule has 1 aromatic rings. The van der Waals surface area contributed by atoms with Gasteiger partial charge >= 0.3 is 0 Å². The third-order valence-corrected chi connectivity index (χ3v) is 4.02. The van der Waals surface area contributed by atoms with Gasteiger partial charge in [-0.05, 0) is 44.7 Å². The van der Waals surface area contributed by atoms with Crippen LogP contribution in [0.25, 0.3) is 0 Å². The predicted octanol–water partition coefficient (Wildman–Crippen LogP) is 1.77. The Labute approximate surface area is 115 Å². The molecule has 2 N–H and O–H groups in total. The highest BCUT2D eigenvalue weighted by atomic mass is 32.1. The SMILES string of the molecule is Cc1cc(N2CCN(C)C(C)C2)ccc1C(N)=S. The van der Waals surface area contributed by atoms with Crippen molar-refractivity contribution in [3.8, 4) is 0 Å². The minimum absolute atomic E-state index is 0.478. The van der Waals surface area contributed by atoms with E-state index in [1.165, 1.54) is 5.69 Å². The number of nitrogens with two attached hydrogens (primary N) is 1. The monoisotopic (exact) mass is 263 g/mol. The Kier molecular flexibility index (Phi) is 3.88. The van der Waals surface area contributed by atoms with Gasteiger partial charge in [-0.15, -0.1) is 0 Å². The molecule has 0 amide bonds. The summed E-state index contributed by atoms with van der Waals surface area (Å²) in [5.41, 5.74) is 9.11. The zero-order chi connectivity index (χ0) is 13.3. The molecule has 1 heterocycles. The number of piperazine rings is 1. The van der Waals surface area contributed by atoms with E-state index in [0.717, 1.165) is 30.8 Å². The molecule has 0 bridgehead atoms. The zero-order valence-electron chi connectivity index (χ0n) is 11.3. The number of anilines is 1. The van der Waals surface area contributed by atoms with Gasteiger partial charge in [0.15, 0.2) is 0 Å². The number of benzene rings is 1. The number of aryl methyl sites for hydroxylation is 1. The van der Waals surface area contributed by atoms with Crippen molar-refractivity contribution in [1.29, 1.82) is 0 Å². The minimum atomic E-state index is 0.478. The standard InChI is InChI=1S/C14H21N3S/c1-10-8-12(4-5-13(10)14(15)18)17-7-6-16(3)11(2)9-17/h4-5,8,11H,6-7,9H2,1-3H3,(H2,15,18). The first-order chi connectivity index (χ1) is 8.49. The second-order valence-electron chi connectivity index (χ2n) is 5.14. The Morgan fingerprint density at radius 3 is 2.67 bits per heavy atom. The van der Waals surface area contributed by atoms with Gasteiger partial charge in [-0.3, -0.25) is 0 Å². The van der Waals surface area contributed by atoms with Crippen molar-refractivity contribution in [3.63, 3.8) is 0 Å². The first kappa shape index (κ1) is 13.3. The fourth-order valence-corrected chi connectivity index (χ4v) is 2.63. The summed E-state index contributed by atoms with van der Waals surface area (Å²) in [6.45, 7) is 7.59. The summed E-state index contributed by atoms with van der Waals surface area (Å²) in [4.78, 5) is 5.30. The average molecular weight is 263 g/mol. The van der Waals surface area contributed by atoms with Gasteiger partial charge in [-0.25, -0.2) is 0 Å². The molecule has 1 aromatic carbocycles. The average Bonchev–Trinajstić information content (AvgIpc) is 2.32. The highest BCUT2D eigenvalue weighted by Crippen LogP contribution is 2.22. The Morgan fingerprint density at radius 2 is 2.11 bits per heavy atom. The normalized spacial score (nSPS) is 21.1. The first-order valence-corrected chi connectivity index (χ1v) is 6.75. The van der Waals surface area contributed by atoms with E-state index in [2.05, 4.69) is 42.8 Å². The van der Waals surface area contributed by atoms with Crippen molar-refractivity contribution < 1.29 is 0 Å². The third-order valence-electron chi connectivity index (χ3n) is 3.80. The lowest BCUT2D eigenvalue weighted by Gasteiger charge is -2.39. The van der Waals surface area contributed by atoms with Crippen molar-refractivity contribution in [3.05, 3.63) is 29.3 Å². The quantitative estimate of drug-likeness (QED) is 0.824. The van der Waals surface area contributed by atoms with Gasteiger partial charge in [0.05, 0.1) is 0 Å². The van der Waals surface area contributed by atoms with Gasteiger partial charge in [0, 0.05) is 36.9 Å². The number of thiocarbonyl (C=S) groups is 1. The van der Waals surface area contributed by atoms with Crippen molar-refractivity contribution in [1.82, 2.24) is 4.90 Å². The molecule has 1 atom stereocenters. The van der Waals surface area contributed by atoms with Gasteiger partial charge < -0.3 is 15.5 Å². The third kappa shape index (κ3) is 2.65. The lowest BCUT2D eigenvalue weighted by atomic mass is 10.1. The maximum absolute atomic E-state index is 5.69. The number of hydrogen-bond donors (Lipinski definition) is 1. The van der Waals surface area contributed by atoms with Crippen LogP contribution in [0, 0.1) is 6.92 Å². The van der Waals surface area contributed by atoms with Gasteiger partial charge in [-0.1, -0.05) is 12.2 Å². The van der Waals surface area contributed by atoms with Crippen LogP contribution in [-0.2, 0) is 0 Å². The zero-order valence-corrected chi connectivity index (χ0v) is 12.1. The second kappa shape index (κ2) is 5.24. The summed E-state index contributed by atoms with van der Waals surface area (Å²) < 4.78 is 0. The molecule has 2 rings (SSSR count). The van der Waals surface area contributed by atoms with E-state index < -0.39 is 0 Å². The molecular formula is C14H21N3S. The molecule has 0 aliphatic carbocycles. The molecule has 0 aromatic heterocycles. The lowest BCUT2D eigenvalue weighted by molar-refractivity contribution is 0.234. The predicted molar refractivity (Wildman–Crippen MR) is 81.4 cm³/mol. The summed E-state index contributed by atoms with van der Waals surface area (Å²) >= 11 is 5.04. The van der Waals surface area contributed by atoms with E-state index in [9.17, 15) is 0 Å². The van der Waals surface area contributed by atoms with Crippen LogP contribution in [0.3, 0.4) is 0 Å². The molecule has 98 valence electrons. The van der Waals surface area contributed by atoms with Gasteiger partial charge in [-0.2, -0.15) is 0 Å². The molecule has 0 saturated carbocycles. The van der Waals surface area contributed by atoms with Gasteiger partial charge in [0.2, 0.25) is 0 Å². The van der Waals surface area contributed by atoms with Gasteiger partial charge in [0.1, 0.15) is 4.99 Å². The Morgan fingerprint density at radius 1 is 1.39 bits per heavy atom. The maximum Gasteiger partial charge on any atom is 0.104 e. The largest absolute Gasteiger partial charge is 0.389 e. The van der Waals surface area contributed by atoms with Gasteiger partial charge in [0.25, 0.3) is 0 Å². The fraction of sp³-hybridized carbons (Fsp3) is 0.500. The van der Waals surface area contributed by atoms with E-state index in [-0.39, 0.29) is 0 Å². The molecule has 1 saturated heterocycles. The van der Waals surface area contributed by atoms with Crippen molar-refractivity contribution in [2.24, 2.45) is 5.73 Å². The Bertz CT molecular complexity index is 458. The van der Waals surface area contributed by atoms with Crippen LogP contribution < -0.4 is 10.6 Å². The number of hydrogen-bond acceptors (Lipinski definition) is 3. The smallest absolute Gasteiger partial charge is 0.104 e. The van der Waals surface area contributed by atoms with Crippen molar-refractivity contribution in [2.45, 2.75) is 19.9 Å². The molecular weight excluding hydrogens is 242 g/mol. The summed E-state index contributed by atoms with van der Waals surface area (Å²) in [6.07, 6.45) is 0. The molecule has 1 fully saturated rings. The van der Waals surface area contributed by atoms with E-state index in [1.807, 2.05) is 6.07 Å². The van der Waals surface area contributed by atoms with Crippen LogP contribution in [-0.4, -0.2) is 42.6 Å². The summed E-state index contributed by atoms with van der Waals surface area (Å²) in [5.74, 6) is 0. The van der Waals surface area contributed by atoms with E-state index in [1.54, 1.807) is 0 Å². The molecule has 4 heteroatoms. The number of likely N-dealkylation sites (N-methyl/N-ethyl adjacent to an activating group) is 1. The van der Waals surface area contributed by atoms with Crippen LogP contribution >= 0.6 is 12.2 Å². The molecule has 1 aliphatic rings. The number of rotatable bonds is 2. The molecule has 0 radical (unpaired) electrons. The second-order valence-corrected chi connectivity index (χ2v) is 5.58. The van der Waals surface area contributed by atoms with Crippen molar-refractivity contribution in [2.75, 3.05) is 31.6 Å². The lowest BCUT2D eigenvalue weighted by Crippen LogP contribution is -2.50.